The summed E-state index contributed by atoms with van der Waals surface area (Å²) < 4.78 is 6.59. The van der Waals surface area contributed by atoms with Crippen LogP contribution in [0.5, 0.6) is 5.75 Å². The Labute approximate surface area is 195 Å². The summed E-state index contributed by atoms with van der Waals surface area (Å²) in [5.74, 6) is 1.02. The van der Waals surface area contributed by atoms with Crippen molar-refractivity contribution in [3.63, 3.8) is 0 Å². The molecule has 3 rings (SSSR count). The van der Waals surface area contributed by atoms with Crippen LogP contribution in [0.2, 0.25) is 0 Å². The van der Waals surface area contributed by atoms with Gasteiger partial charge in [-0.15, -0.1) is 0 Å². The predicted octanol–water partition coefficient (Wildman–Crippen LogP) is 6.54. The molecule has 0 aliphatic rings. The molecular formula is C29H36NOP. The molecule has 0 spiro atoms. The van der Waals surface area contributed by atoms with Crippen molar-refractivity contribution < 1.29 is 4.74 Å². The van der Waals surface area contributed by atoms with Crippen LogP contribution in [0.25, 0.3) is 0 Å². The van der Waals surface area contributed by atoms with Crippen molar-refractivity contribution in [3.05, 3.63) is 89.0 Å². The van der Waals surface area contributed by atoms with Gasteiger partial charge in [0.25, 0.3) is 0 Å². The highest BCUT2D eigenvalue weighted by atomic mass is 31.1. The van der Waals surface area contributed by atoms with E-state index in [1.54, 1.807) is 0 Å². The van der Waals surface area contributed by atoms with E-state index in [4.69, 9.17) is 4.74 Å². The smallest absolute Gasteiger partial charge is 0.131 e. The monoisotopic (exact) mass is 445 g/mol. The number of benzene rings is 3. The molecule has 0 saturated carbocycles. The summed E-state index contributed by atoms with van der Waals surface area (Å²) in [6.07, 6.45) is 1.95. The highest BCUT2D eigenvalue weighted by Gasteiger charge is 2.26. The molecule has 168 valence electrons. The maximum Gasteiger partial charge on any atom is 0.131 e. The van der Waals surface area contributed by atoms with E-state index in [0.29, 0.717) is 15.2 Å². The second kappa shape index (κ2) is 10.0. The van der Waals surface area contributed by atoms with Crippen molar-refractivity contribution in [1.29, 1.82) is 0 Å². The molecule has 0 heterocycles. The molecule has 32 heavy (non-hydrogen) atoms. The second-order valence-electron chi connectivity index (χ2n) is 10.3. The number of hydrogen-bond donors (Lipinski definition) is 0. The van der Waals surface area contributed by atoms with E-state index in [1.807, 2.05) is 19.3 Å². The first-order valence-electron chi connectivity index (χ1n) is 11.2. The van der Waals surface area contributed by atoms with Gasteiger partial charge in [-0.05, 0) is 38.9 Å². The molecule has 0 fully saturated rings. The zero-order valence-electron chi connectivity index (χ0n) is 20.5. The number of rotatable bonds is 6. The third kappa shape index (κ3) is 6.08. The molecule has 0 N–H and O–H groups in total. The van der Waals surface area contributed by atoms with Gasteiger partial charge in [-0.2, -0.15) is 0 Å². The van der Waals surface area contributed by atoms with Gasteiger partial charge in [-0.25, -0.2) is 0 Å². The summed E-state index contributed by atoms with van der Waals surface area (Å²) in [5, 5.41) is 2.55. The fourth-order valence-electron chi connectivity index (χ4n) is 3.60. The third-order valence-corrected chi connectivity index (χ3v) is 6.85. The molecule has 0 aromatic heterocycles. The zero-order valence-corrected chi connectivity index (χ0v) is 21.5. The molecular weight excluding hydrogens is 409 g/mol. The van der Waals surface area contributed by atoms with E-state index in [9.17, 15) is 0 Å². The molecule has 2 nitrogen and oxygen atoms in total. The fraction of sp³-hybridized carbons (Fsp3) is 0.345. The SMILES string of the molecule is CN=Cc1ccccc1Pc1cc(C(C)(C)C)cc(C(C)(C)C)c1OCc1ccccc1. The van der Waals surface area contributed by atoms with Crippen LogP contribution in [0.4, 0.5) is 0 Å². The van der Waals surface area contributed by atoms with Crippen LogP contribution >= 0.6 is 8.58 Å². The standard InChI is InChI=1S/C29H36NOP/c1-28(2,3)23-17-24(29(4,5)6)27(31-20-21-13-9-8-10-14-21)26(18-23)32-25-16-12-11-15-22(25)19-30-7/h8-19,32H,20H2,1-7H3. The third-order valence-electron chi connectivity index (χ3n) is 5.49. The molecule has 0 saturated heterocycles. The maximum absolute atomic E-state index is 6.59. The Kier molecular flexibility index (Phi) is 7.57. The van der Waals surface area contributed by atoms with Gasteiger partial charge in [0.05, 0.1) is 0 Å². The average molecular weight is 446 g/mol. The van der Waals surface area contributed by atoms with Gasteiger partial charge in [-0.3, -0.25) is 4.99 Å². The van der Waals surface area contributed by atoms with Crippen molar-refractivity contribution in [2.24, 2.45) is 4.99 Å². The molecule has 1 unspecified atom stereocenters. The van der Waals surface area contributed by atoms with Gasteiger partial charge in [0.2, 0.25) is 0 Å². The van der Waals surface area contributed by atoms with Gasteiger partial charge >= 0.3 is 0 Å². The van der Waals surface area contributed by atoms with Gasteiger partial charge in [0.15, 0.2) is 0 Å². The Bertz CT molecular complexity index is 1070. The van der Waals surface area contributed by atoms with E-state index in [2.05, 4.69) is 107 Å². The molecule has 3 aromatic carbocycles. The number of nitrogens with zero attached hydrogens (tertiary/aromatic N) is 1. The van der Waals surface area contributed by atoms with Crippen LogP contribution in [0.1, 0.15) is 63.8 Å². The van der Waals surface area contributed by atoms with Gasteiger partial charge in [0.1, 0.15) is 12.4 Å². The lowest BCUT2D eigenvalue weighted by molar-refractivity contribution is 0.300. The molecule has 0 bridgehead atoms. The van der Waals surface area contributed by atoms with E-state index >= 15 is 0 Å². The summed E-state index contributed by atoms with van der Waals surface area (Å²) in [6, 6.07) is 23.6. The largest absolute Gasteiger partial charge is 0.488 e. The first kappa shape index (κ1) is 24.2. The maximum atomic E-state index is 6.59. The van der Waals surface area contributed by atoms with Crippen molar-refractivity contribution in [2.75, 3.05) is 7.05 Å². The molecule has 3 aromatic rings. The highest BCUT2D eigenvalue weighted by molar-refractivity contribution is 7.56. The van der Waals surface area contributed by atoms with Crippen LogP contribution in [0, 0.1) is 0 Å². The number of hydrogen-bond acceptors (Lipinski definition) is 2. The Hall–Kier alpha value is -2.44. The van der Waals surface area contributed by atoms with Gasteiger partial charge < -0.3 is 4.74 Å². The van der Waals surface area contributed by atoms with Crippen LogP contribution in [0.3, 0.4) is 0 Å². The quantitative estimate of drug-likeness (QED) is 0.312. The van der Waals surface area contributed by atoms with Gasteiger partial charge in [-0.1, -0.05) is 111 Å². The minimum Gasteiger partial charge on any atom is -0.488 e. The number of aliphatic imine (C=N–C) groups is 1. The first-order valence-corrected chi connectivity index (χ1v) is 12.2. The lowest BCUT2D eigenvalue weighted by atomic mass is 9.80. The molecule has 0 radical (unpaired) electrons. The minimum absolute atomic E-state index is 0.0308. The number of ether oxygens (including phenoxy) is 1. The van der Waals surface area contributed by atoms with Crippen molar-refractivity contribution in [2.45, 2.75) is 59.0 Å². The van der Waals surface area contributed by atoms with E-state index < -0.39 is 0 Å². The zero-order chi connectivity index (χ0) is 23.4. The van der Waals surface area contributed by atoms with Crippen molar-refractivity contribution >= 4 is 25.4 Å². The fourth-order valence-corrected chi connectivity index (χ4v) is 4.91. The molecule has 0 aliphatic heterocycles. The summed E-state index contributed by atoms with van der Waals surface area (Å²) in [4.78, 5) is 4.27. The van der Waals surface area contributed by atoms with E-state index in [1.165, 1.54) is 32.9 Å². The van der Waals surface area contributed by atoms with E-state index in [-0.39, 0.29) is 10.8 Å². The average Bonchev–Trinajstić information content (AvgIpc) is 2.73. The van der Waals surface area contributed by atoms with Crippen molar-refractivity contribution in [1.82, 2.24) is 0 Å². The molecule has 0 amide bonds. The van der Waals surface area contributed by atoms with Crippen molar-refractivity contribution in [3.8, 4) is 5.75 Å². The van der Waals surface area contributed by atoms with Crippen LogP contribution in [-0.2, 0) is 17.4 Å². The lowest BCUT2D eigenvalue weighted by Gasteiger charge is -2.29. The Balaban J connectivity index is 2.15. The molecule has 3 heteroatoms. The minimum atomic E-state index is -0.0308. The first-order chi connectivity index (χ1) is 15.1. The van der Waals surface area contributed by atoms with E-state index in [0.717, 1.165) is 5.75 Å². The van der Waals surface area contributed by atoms with Crippen LogP contribution in [-0.4, -0.2) is 13.3 Å². The highest BCUT2D eigenvalue weighted by Crippen LogP contribution is 2.37. The predicted molar refractivity (Wildman–Crippen MR) is 142 cm³/mol. The Morgan fingerprint density at radius 3 is 2.09 bits per heavy atom. The normalized spacial score (nSPS) is 12.7. The summed E-state index contributed by atoms with van der Waals surface area (Å²) in [7, 11) is 2.31. The molecule has 0 aliphatic carbocycles. The lowest BCUT2D eigenvalue weighted by Crippen LogP contribution is -2.23. The summed E-state index contributed by atoms with van der Waals surface area (Å²) >= 11 is 0. The topological polar surface area (TPSA) is 21.6 Å². The van der Waals surface area contributed by atoms with Gasteiger partial charge in [0, 0.05) is 24.1 Å². The second-order valence-corrected chi connectivity index (χ2v) is 11.6. The van der Waals surface area contributed by atoms with Crippen LogP contribution in [0.15, 0.2) is 71.7 Å². The summed E-state index contributed by atoms with van der Waals surface area (Å²) in [6.45, 7) is 14.2. The van der Waals surface area contributed by atoms with Crippen LogP contribution < -0.4 is 15.3 Å². The molecule has 1 atom stereocenters. The Morgan fingerprint density at radius 1 is 0.812 bits per heavy atom. The Morgan fingerprint density at radius 2 is 1.47 bits per heavy atom. The summed E-state index contributed by atoms with van der Waals surface area (Å²) in [5.41, 5.74) is 4.99.